The van der Waals surface area contributed by atoms with Crippen LogP contribution in [0.1, 0.15) is 18.5 Å². The number of nitrogens with zero attached hydrogens (tertiary/aromatic N) is 2. The van der Waals surface area contributed by atoms with Crippen molar-refractivity contribution in [2.24, 2.45) is 11.7 Å². The van der Waals surface area contributed by atoms with Crippen LogP contribution in [0, 0.1) is 5.92 Å². The second-order valence-electron chi connectivity index (χ2n) is 5.38. The quantitative estimate of drug-likeness (QED) is 0.785. The number of amides is 3. The monoisotopic (exact) mass is 320 g/mol. The van der Waals surface area contributed by atoms with Crippen molar-refractivity contribution in [1.82, 2.24) is 9.88 Å². The molecule has 8 heteroatoms. The summed E-state index contributed by atoms with van der Waals surface area (Å²) < 4.78 is 4.59. The Labute approximate surface area is 134 Å². The van der Waals surface area contributed by atoms with Gasteiger partial charge in [-0.05, 0) is 25.0 Å². The number of carbonyl (C=O) groups is 3. The van der Waals surface area contributed by atoms with Gasteiger partial charge in [-0.25, -0.2) is 9.78 Å². The van der Waals surface area contributed by atoms with Gasteiger partial charge in [0.15, 0.2) is 0 Å². The standard InChI is InChI=1S/C15H20N4O4/c1-23-13(20)8-11-5-2-6-12(17-11)18-15(22)19-7-3-4-10(9-19)14(16)21/h2,5-6,10H,3-4,7-9H2,1H3,(H2,16,21)(H,17,18,22)/t10-/m0/s1. The first-order valence-electron chi connectivity index (χ1n) is 7.37. The number of hydrogen-bond acceptors (Lipinski definition) is 5. The Kier molecular flexibility index (Phi) is 5.51. The van der Waals surface area contributed by atoms with Crippen molar-refractivity contribution in [1.29, 1.82) is 0 Å². The number of rotatable bonds is 4. The van der Waals surface area contributed by atoms with E-state index in [1.807, 2.05) is 0 Å². The van der Waals surface area contributed by atoms with E-state index in [1.165, 1.54) is 7.11 Å². The number of anilines is 1. The molecule has 0 aromatic carbocycles. The largest absolute Gasteiger partial charge is 0.469 e. The number of likely N-dealkylation sites (tertiary alicyclic amines) is 1. The third kappa shape index (κ3) is 4.67. The maximum absolute atomic E-state index is 12.3. The van der Waals surface area contributed by atoms with Gasteiger partial charge in [0.25, 0.3) is 0 Å². The van der Waals surface area contributed by atoms with Crippen molar-refractivity contribution in [3.63, 3.8) is 0 Å². The maximum atomic E-state index is 12.3. The Morgan fingerprint density at radius 2 is 2.22 bits per heavy atom. The van der Waals surface area contributed by atoms with E-state index in [0.29, 0.717) is 31.0 Å². The second-order valence-corrected chi connectivity index (χ2v) is 5.38. The summed E-state index contributed by atoms with van der Waals surface area (Å²) >= 11 is 0. The van der Waals surface area contributed by atoms with E-state index in [0.717, 1.165) is 6.42 Å². The summed E-state index contributed by atoms with van der Waals surface area (Å²) in [6, 6.07) is 4.67. The van der Waals surface area contributed by atoms with Gasteiger partial charge in [0, 0.05) is 13.1 Å². The van der Waals surface area contributed by atoms with E-state index >= 15 is 0 Å². The Balaban J connectivity index is 1.98. The topological polar surface area (TPSA) is 115 Å². The second kappa shape index (κ2) is 7.57. The molecule has 1 saturated heterocycles. The SMILES string of the molecule is COC(=O)Cc1cccc(NC(=O)N2CCC[C@H](C(N)=O)C2)n1. The molecule has 0 spiro atoms. The smallest absolute Gasteiger partial charge is 0.323 e. The third-order valence-corrected chi connectivity index (χ3v) is 3.71. The number of pyridine rings is 1. The Bertz CT molecular complexity index is 605. The van der Waals surface area contributed by atoms with E-state index in [9.17, 15) is 14.4 Å². The number of nitrogens with one attached hydrogen (secondary N) is 1. The van der Waals surface area contributed by atoms with Gasteiger partial charge >= 0.3 is 12.0 Å². The summed E-state index contributed by atoms with van der Waals surface area (Å²) in [5.41, 5.74) is 5.81. The lowest BCUT2D eigenvalue weighted by Gasteiger charge is -2.31. The average molecular weight is 320 g/mol. The lowest BCUT2D eigenvalue weighted by atomic mass is 9.98. The fourth-order valence-corrected chi connectivity index (χ4v) is 2.45. The van der Waals surface area contributed by atoms with Crippen molar-refractivity contribution in [2.75, 3.05) is 25.5 Å². The van der Waals surface area contributed by atoms with E-state index in [-0.39, 0.29) is 24.3 Å². The predicted octanol–water partition coefficient (Wildman–Crippen LogP) is 0.526. The third-order valence-electron chi connectivity index (χ3n) is 3.71. The molecule has 0 radical (unpaired) electrons. The first-order chi connectivity index (χ1) is 11.0. The highest BCUT2D eigenvalue weighted by Crippen LogP contribution is 2.17. The summed E-state index contributed by atoms with van der Waals surface area (Å²) in [6.07, 6.45) is 1.47. The van der Waals surface area contributed by atoms with Gasteiger partial charge < -0.3 is 15.4 Å². The van der Waals surface area contributed by atoms with Crippen LogP contribution in [0.2, 0.25) is 0 Å². The molecule has 0 saturated carbocycles. The molecule has 0 aliphatic carbocycles. The molecule has 124 valence electrons. The van der Waals surface area contributed by atoms with Gasteiger partial charge in [0.1, 0.15) is 5.82 Å². The number of urea groups is 1. The van der Waals surface area contributed by atoms with Crippen LogP contribution in [-0.2, 0) is 20.7 Å². The van der Waals surface area contributed by atoms with Gasteiger partial charge in [-0.2, -0.15) is 0 Å². The van der Waals surface area contributed by atoms with Crippen LogP contribution < -0.4 is 11.1 Å². The molecule has 2 heterocycles. The van der Waals surface area contributed by atoms with Crippen LogP contribution in [0.3, 0.4) is 0 Å². The normalized spacial score (nSPS) is 17.4. The van der Waals surface area contributed by atoms with Crippen LogP contribution in [0.4, 0.5) is 10.6 Å². The van der Waals surface area contributed by atoms with Gasteiger partial charge in [-0.15, -0.1) is 0 Å². The number of primary amides is 1. The van der Waals surface area contributed by atoms with Crippen LogP contribution in [0.15, 0.2) is 18.2 Å². The molecule has 0 unspecified atom stereocenters. The summed E-state index contributed by atoms with van der Waals surface area (Å²) in [4.78, 5) is 40.5. The number of methoxy groups -OCH3 is 1. The van der Waals surface area contributed by atoms with Crippen molar-refractivity contribution in [2.45, 2.75) is 19.3 Å². The molecule has 1 aliphatic heterocycles. The lowest BCUT2D eigenvalue weighted by Crippen LogP contribution is -2.45. The van der Waals surface area contributed by atoms with Crippen LogP contribution in [0.5, 0.6) is 0 Å². The molecule has 8 nitrogen and oxygen atoms in total. The zero-order chi connectivity index (χ0) is 16.8. The Morgan fingerprint density at radius 3 is 2.91 bits per heavy atom. The summed E-state index contributed by atoms with van der Waals surface area (Å²) in [7, 11) is 1.31. The fraction of sp³-hybridized carbons (Fsp3) is 0.467. The molecule has 1 aromatic rings. The van der Waals surface area contributed by atoms with E-state index < -0.39 is 5.97 Å². The number of esters is 1. The Morgan fingerprint density at radius 1 is 1.43 bits per heavy atom. The average Bonchev–Trinajstić information content (AvgIpc) is 2.55. The number of ether oxygens (including phenoxy) is 1. The van der Waals surface area contributed by atoms with Crippen molar-refractivity contribution >= 4 is 23.7 Å². The van der Waals surface area contributed by atoms with Gasteiger partial charge in [0.05, 0.1) is 25.1 Å². The molecule has 1 fully saturated rings. The van der Waals surface area contributed by atoms with E-state index in [1.54, 1.807) is 23.1 Å². The van der Waals surface area contributed by atoms with Gasteiger partial charge in [0.2, 0.25) is 5.91 Å². The Hall–Kier alpha value is -2.64. The zero-order valence-electron chi connectivity index (χ0n) is 12.9. The highest BCUT2D eigenvalue weighted by atomic mass is 16.5. The van der Waals surface area contributed by atoms with Crippen molar-refractivity contribution < 1.29 is 19.1 Å². The summed E-state index contributed by atoms with van der Waals surface area (Å²) in [6.45, 7) is 0.875. The van der Waals surface area contributed by atoms with E-state index in [2.05, 4.69) is 15.0 Å². The number of hydrogen-bond donors (Lipinski definition) is 2. The van der Waals surface area contributed by atoms with Gasteiger partial charge in [-0.1, -0.05) is 6.07 Å². The number of aromatic nitrogens is 1. The minimum atomic E-state index is -0.402. The van der Waals surface area contributed by atoms with Gasteiger partial charge in [-0.3, -0.25) is 14.9 Å². The fourth-order valence-electron chi connectivity index (χ4n) is 2.45. The molecule has 3 N–H and O–H groups in total. The van der Waals surface area contributed by atoms with Crippen molar-refractivity contribution in [3.8, 4) is 0 Å². The van der Waals surface area contributed by atoms with Crippen molar-refractivity contribution in [3.05, 3.63) is 23.9 Å². The first-order valence-corrected chi connectivity index (χ1v) is 7.37. The summed E-state index contributed by atoms with van der Waals surface area (Å²) in [5, 5.41) is 2.67. The number of piperidine rings is 1. The highest BCUT2D eigenvalue weighted by molar-refractivity contribution is 5.89. The summed E-state index contributed by atoms with van der Waals surface area (Å²) in [5.74, 6) is -0.757. The minimum Gasteiger partial charge on any atom is -0.469 e. The molecule has 1 aromatic heterocycles. The predicted molar refractivity (Wildman–Crippen MR) is 82.5 cm³/mol. The molecular weight excluding hydrogens is 300 g/mol. The maximum Gasteiger partial charge on any atom is 0.323 e. The molecular formula is C15H20N4O4. The zero-order valence-corrected chi connectivity index (χ0v) is 12.9. The molecule has 0 bridgehead atoms. The molecule has 1 aliphatic rings. The van der Waals surface area contributed by atoms with Crippen LogP contribution in [-0.4, -0.2) is 48.0 Å². The highest BCUT2D eigenvalue weighted by Gasteiger charge is 2.27. The number of nitrogens with two attached hydrogens (primary N) is 1. The van der Waals surface area contributed by atoms with Crippen LogP contribution >= 0.6 is 0 Å². The molecule has 23 heavy (non-hydrogen) atoms. The molecule has 1 atom stereocenters. The lowest BCUT2D eigenvalue weighted by molar-refractivity contribution is -0.139. The molecule has 3 amide bonds. The minimum absolute atomic E-state index is 0.0354. The number of carbonyl (C=O) groups excluding carboxylic acids is 3. The van der Waals surface area contributed by atoms with Crippen LogP contribution in [0.25, 0.3) is 0 Å². The molecule has 2 rings (SSSR count). The first kappa shape index (κ1) is 16.7. The van der Waals surface area contributed by atoms with E-state index in [4.69, 9.17) is 5.73 Å².